The van der Waals surface area contributed by atoms with Crippen molar-refractivity contribution in [1.82, 2.24) is 0 Å². The van der Waals surface area contributed by atoms with E-state index in [2.05, 4.69) is 6.07 Å². The summed E-state index contributed by atoms with van der Waals surface area (Å²) in [5, 5.41) is 8.75. The van der Waals surface area contributed by atoms with Gasteiger partial charge in [0.25, 0.3) is 0 Å². The average molecular weight is 215 g/mol. The van der Waals surface area contributed by atoms with Crippen LogP contribution in [0.2, 0.25) is 0 Å². The van der Waals surface area contributed by atoms with Gasteiger partial charge in [0, 0.05) is 6.61 Å². The molecular weight excluding hydrogens is 198 g/mol. The summed E-state index contributed by atoms with van der Waals surface area (Å²) in [6, 6.07) is 7.91. The van der Waals surface area contributed by atoms with E-state index in [1.54, 1.807) is 0 Å². The van der Waals surface area contributed by atoms with Gasteiger partial charge in [-0.25, -0.2) is 0 Å². The molecule has 2 nitrogen and oxygen atoms in total. The predicted octanol–water partition coefficient (Wildman–Crippen LogP) is 3.18. The predicted molar refractivity (Wildman–Crippen MR) is 62.9 cm³/mol. The first-order chi connectivity index (χ1) is 7.79. The van der Waals surface area contributed by atoms with Gasteiger partial charge in [-0.05, 0) is 42.5 Å². The van der Waals surface area contributed by atoms with Crippen LogP contribution < -0.4 is 0 Å². The largest absolute Gasteiger partial charge is 0.377 e. The number of hydrogen-bond donors (Lipinski definition) is 0. The highest BCUT2D eigenvalue weighted by Gasteiger charge is 2.20. The standard InChI is InChI=1S/C14H17NO/c1-11-8-13(9-15)4-5-14(11)10-16-7-6-12-2-3-12/h4-5,8,12H,2-3,6-7,10H2,1H3. The third-order valence-corrected chi connectivity index (χ3v) is 3.10. The van der Waals surface area contributed by atoms with Gasteiger partial charge in [0.15, 0.2) is 0 Å². The highest BCUT2D eigenvalue weighted by molar-refractivity contribution is 5.37. The minimum Gasteiger partial charge on any atom is -0.377 e. The van der Waals surface area contributed by atoms with E-state index in [-0.39, 0.29) is 0 Å². The number of benzene rings is 1. The van der Waals surface area contributed by atoms with Crippen molar-refractivity contribution in [3.8, 4) is 6.07 Å². The van der Waals surface area contributed by atoms with Crippen LogP contribution in [0.25, 0.3) is 0 Å². The number of nitrogens with zero attached hydrogens (tertiary/aromatic N) is 1. The van der Waals surface area contributed by atoms with Crippen molar-refractivity contribution in [2.75, 3.05) is 6.61 Å². The second-order valence-corrected chi connectivity index (χ2v) is 4.54. The Morgan fingerprint density at radius 1 is 1.44 bits per heavy atom. The van der Waals surface area contributed by atoms with E-state index < -0.39 is 0 Å². The molecule has 16 heavy (non-hydrogen) atoms. The Kier molecular flexibility index (Phi) is 3.58. The summed E-state index contributed by atoms with van der Waals surface area (Å²) in [6.07, 6.45) is 3.98. The Balaban J connectivity index is 1.81. The monoisotopic (exact) mass is 215 g/mol. The molecule has 0 aliphatic heterocycles. The van der Waals surface area contributed by atoms with Crippen LogP contribution in [0.15, 0.2) is 18.2 Å². The summed E-state index contributed by atoms with van der Waals surface area (Å²) in [7, 11) is 0. The van der Waals surface area contributed by atoms with Crippen LogP contribution in [-0.2, 0) is 11.3 Å². The molecule has 0 unspecified atom stereocenters. The summed E-state index contributed by atoms with van der Waals surface area (Å²) in [5.41, 5.74) is 3.06. The summed E-state index contributed by atoms with van der Waals surface area (Å²) in [4.78, 5) is 0. The van der Waals surface area contributed by atoms with Crippen LogP contribution in [0.3, 0.4) is 0 Å². The zero-order valence-electron chi connectivity index (χ0n) is 9.70. The maximum atomic E-state index is 8.75. The molecule has 0 heterocycles. The molecule has 2 rings (SSSR count). The minimum absolute atomic E-state index is 0.671. The van der Waals surface area contributed by atoms with Crippen molar-refractivity contribution in [1.29, 1.82) is 5.26 Å². The molecule has 0 radical (unpaired) electrons. The van der Waals surface area contributed by atoms with Crippen LogP contribution in [0.1, 0.15) is 36.0 Å². The maximum Gasteiger partial charge on any atom is 0.0991 e. The number of aryl methyl sites for hydroxylation is 1. The van der Waals surface area contributed by atoms with E-state index in [0.717, 1.165) is 23.7 Å². The van der Waals surface area contributed by atoms with Gasteiger partial charge in [0.1, 0.15) is 0 Å². The molecule has 0 atom stereocenters. The topological polar surface area (TPSA) is 33.0 Å². The summed E-state index contributed by atoms with van der Waals surface area (Å²) in [6.45, 7) is 3.56. The lowest BCUT2D eigenvalue weighted by Gasteiger charge is -2.07. The summed E-state index contributed by atoms with van der Waals surface area (Å²) >= 11 is 0. The molecule has 1 aliphatic carbocycles. The molecule has 84 valence electrons. The molecule has 1 saturated carbocycles. The molecule has 0 spiro atoms. The van der Waals surface area contributed by atoms with Crippen LogP contribution in [0.5, 0.6) is 0 Å². The summed E-state index contributed by atoms with van der Waals surface area (Å²) in [5.74, 6) is 0.932. The van der Waals surface area contributed by atoms with Crippen molar-refractivity contribution in [3.05, 3.63) is 34.9 Å². The molecule has 1 fully saturated rings. The van der Waals surface area contributed by atoms with Crippen LogP contribution >= 0.6 is 0 Å². The third kappa shape index (κ3) is 3.08. The Morgan fingerprint density at radius 2 is 2.25 bits per heavy atom. The number of ether oxygens (including phenoxy) is 1. The van der Waals surface area contributed by atoms with Gasteiger partial charge < -0.3 is 4.74 Å². The molecule has 0 N–H and O–H groups in total. The Labute approximate surface area is 96.9 Å². The van der Waals surface area contributed by atoms with E-state index in [9.17, 15) is 0 Å². The lowest BCUT2D eigenvalue weighted by molar-refractivity contribution is 0.114. The van der Waals surface area contributed by atoms with E-state index in [1.807, 2.05) is 25.1 Å². The number of hydrogen-bond acceptors (Lipinski definition) is 2. The highest BCUT2D eigenvalue weighted by Crippen LogP contribution is 2.32. The van der Waals surface area contributed by atoms with E-state index >= 15 is 0 Å². The molecule has 1 aromatic carbocycles. The lowest BCUT2D eigenvalue weighted by Crippen LogP contribution is -1.98. The molecule has 0 amide bonds. The van der Waals surface area contributed by atoms with Gasteiger partial charge in [-0.3, -0.25) is 0 Å². The molecule has 1 aromatic rings. The Morgan fingerprint density at radius 3 is 2.88 bits per heavy atom. The van der Waals surface area contributed by atoms with Crippen molar-refractivity contribution in [3.63, 3.8) is 0 Å². The van der Waals surface area contributed by atoms with Crippen molar-refractivity contribution < 1.29 is 4.74 Å². The smallest absolute Gasteiger partial charge is 0.0991 e. The first kappa shape index (κ1) is 11.2. The van der Waals surface area contributed by atoms with E-state index in [1.165, 1.54) is 24.8 Å². The first-order valence-electron chi connectivity index (χ1n) is 5.87. The molecule has 1 aliphatic rings. The van der Waals surface area contributed by atoms with Crippen LogP contribution in [0, 0.1) is 24.2 Å². The first-order valence-corrected chi connectivity index (χ1v) is 5.87. The number of nitriles is 1. The van der Waals surface area contributed by atoms with Crippen molar-refractivity contribution in [2.45, 2.75) is 32.8 Å². The van der Waals surface area contributed by atoms with Gasteiger partial charge in [-0.1, -0.05) is 18.9 Å². The zero-order chi connectivity index (χ0) is 11.4. The Hall–Kier alpha value is -1.33. The molecule has 0 aromatic heterocycles. The third-order valence-electron chi connectivity index (χ3n) is 3.10. The minimum atomic E-state index is 0.671. The fourth-order valence-electron chi connectivity index (χ4n) is 1.77. The second kappa shape index (κ2) is 5.14. The lowest BCUT2D eigenvalue weighted by atomic mass is 10.1. The number of rotatable bonds is 5. The van der Waals surface area contributed by atoms with Gasteiger partial charge in [0.2, 0.25) is 0 Å². The molecule has 0 bridgehead atoms. The van der Waals surface area contributed by atoms with Gasteiger partial charge in [0.05, 0.1) is 18.2 Å². The van der Waals surface area contributed by atoms with E-state index in [0.29, 0.717) is 6.61 Å². The quantitative estimate of drug-likeness (QED) is 0.707. The van der Waals surface area contributed by atoms with Crippen molar-refractivity contribution in [2.24, 2.45) is 5.92 Å². The SMILES string of the molecule is Cc1cc(C#N)ccc1COCCC1CC1. The Bertz CT molecular complexity index is 402. The molecule has 2 heteroatoms. The van der Waals surface area contributed by atoms with Crippen LogP contribution in [0.4, 0.5) is 0 Å². The fourth-order valence-corrected chi connectivity index (χ4v) is 1.77. The van der Waals surface area contributed by atoms with Gasteiger partial charge >= 0.3 is 0 Å². The second-order valence-electron chi connectivity index (χ2n) is 4.54. The maximum absolute atomic E-state index is 8.75. The summed E-state index contributed by atoms with van der Waals surface area (Å²) < 4.78 is 5.64. The average Bonchev–Trinajstić information content (AvgIpc) is 3.10. The van der Waals surface area contributed by atoms with Crippen LogP contribution in [-0.4, -0.2) is 6.61 Å². The molecule has 0 saturated heterocycles. The van der Waals surface area contributed by atoms with Gasteiger partial charge in [-0.15, -0.1) is 0 Å². The normalized spacial score (nSPS) is 14.8. The zero-order valence-corrected chi connectivity index (χ0v) is 9.70. The fraction of sp³-hybridized carbons (Fsp3) is 0.500. The van der Waals surface area contributed by atoms with E-state index in [4.69, 9.17) is 10.00 Å². The van der Waals surface area contributed by atoms with Crippen molar-refractivity contribution >= 4 is 0 Å². The molecular formula is C14H17NO. The van der Waals surface area contributed by atoms with Gasteiger partial charge in [-0.2, -0.15) is 5.26 Å². The highest BCUT2D eigenvalue weighted by atomic mass is 16.5.